The molecule has 0 aliphatic rings. The molecular formula is C19H16N4O2. The minimum atomic E-state index is -0.194. The van der Waals surface area contributed by atoms with Crippen LogP contribution in [0.1, 0.15) is 26.3 Å². The number of benzene rings is 1. The van der Waals surface area contributed by atoms with Gasteiger partial charge in [-0.2, -0.15) is 0 Å². The van der Waals surface area contributed by atoms with Gasteiger partial charge in [0, 0.05) is 42.6 Å². The van der Waals surface area contributed by atoms with Gasteiger partial charge in [-0.25, -0.2) is 0 Å². The van der Waals surface area contributed by atoms with Gasteiger partial charge in [0.1, 0.15) is 0 Å². The zero-order valence-electron chi connectivity index (χ0n) is 13.3. The molecule has 3 rings (SSSR count). The smallest absolute Gasteiger partial charge is 0.255 e. The van der Waals surface area contributed by atoms with E-state index in [0.717, 1.165) is 5.56 Å². The molecule has 1 aromatic carbocycles. The molecule has 0 aliphatic carbocycles. The lowest BCUT2D eigenvalue weighted by molar-refractivity contribution is 0.0949. The molecule has 124 valence electrons. The molecule has 2 amide bonds. The third-order valence-corrected chi connectivity index (χ3v) is 3.53. The van der Waals surface area contributed by atoms with Crippen molar-refractivity contribution >= 4 is 17.5 Å². The molecule has 0 spiro atoms. The van der Waals surface area contributed by atoms with Crippen molar-refractivity contribution in [3.8, 4) is 0 Å². The molecule has 6 heteroatoms. The fourth-order valence-corrected chi connectivity index (χ4v) is 2.19. The first-order valence-electron chi connectivity index (χ1n) is 7.71. The highest BCUT2D eigenvalue weighted by Crippen LogP contribution is 2.11. The highest BCUT2D eigenvalue weighted by molar-refractivity contribution is 6.04. The van der Waals surface area contributed by atoms with Gasteiger partial charge >= 0.3 is 0 Å². The summed E-state index contributed by atoms with van der Waals surface area (Å²) < 4.78 is 0. The number of carbonyl (C=O) groups is 2. The number of pyridine rings is 2. The summed E-state index contributed by atoms with van der Waals surface area (Å²) in [6, 6.07) is 14.0. The Morgan fingerprint density at radius 1 is 0.800 bits per heavy atom. The molecular weight excluding hydrogens is 316 g/mol. The molecule has 2 N–H and O–H groups in total. The van der Waals surface area contributed by atoms with Crippen LogP contribution in [0.4, 0.5) is 5.69 Å². The second-order valence-corrected chi connectivity index (χ2v) is 5.31. The average Bonchev–Trinajstić information content (AvgIpc) is 2.68. The molecule has 25 heavy (non-hydrogen) atoms. The van der Waals surface area contributed by atoms with Crippen molar-refractivity contribution in [2.24, 2.45) is 0 Å². The molecule has 6 nitrogen and oxygen atoms in total. The van der Waals surface area contributed by atoms with E-state index in [4.69, 9.17) is 0 Å². The number of nitrogens with one attached hydrogen (secondary N) is 2. The van der Waals surface area contributed by atoms with Crippen LogP contribution in [0, 0.1) is 0 Å². The normalized spacial score (nSPS) is 10.1. The monoisotopic (exact) mass is 332 g/mol. The van der Waals surface area contributed by atoms with Crippen molar-refractivity contribution in [2.75, 3.05) is 5.32 Å². The Balaban J connectivity index is 1.55. The van der Waals surface area contributed by atoms with Gasteiger partial charge in [-0.1, -0.05) is 12.1 Å². The Bertz CT molecular complexity index is 850. The number of amides is 2. The van der Waals surface area contributed by atoms with Gasteiger partial charge in [0.15, 0.2) is 0 Å². The Kier molecular flexibility index (Phi) is 5.11. The first-order valence-corrected chi connectivity index (χ1v) is 7.71. The Morgan fingerprint density at radius 2 is 1.56 bits per heavy atom. The van der Waals surface area contributed by atoms with Gasteiger partial charge in [0.05, 0.1) is 5.56 Å². The van der Waals surface area contributed by atoms with Crippen LogP contribution in [0.3, 0.4) is 0 Å². The minimum Gasteiger partial charge on any atom is -0.348 e. The van der Waals surface area contributed by atoms with E-state index in [-0.39, 0.29) is 11.8 Å². The summed E-state index contributed by atoms with van der Waals surface area (Å²) in [4.78, 5) is 31.8. The Morgan fingerprint density at radius 3 is 2.24 bits per heavy atom. The summed E-state index contributed by atoms with van der Waals surface area (Å²) in [6.07, 6.45) is 6.29. The number of hydrogen-bond donors (Lipinski definition) is 2. The number of hydrogen-bond acceptors (Lipinski definition) is 4. The van der Waals surface area contributed by atoms with Crippen LogP contribution in [-0.2, 0) is 6.54 Å². The fourth-order valence-electron chi connectivity index (χ4n) is 2.19. The second kappa shape index (κ2) is 7.83. The van der Waals surface area contributed by atoms with Crippen LogP contribution in [0.2, 0.25) is 0 Å². The molecule has 0 atom stereocenters. The molecule has 0 unspecified atom stereocenters. The van der Waals surface area contributed by atoms with Crippen molar-refractivity contribution in [2.45, 2.75) is 6.54 Å². The number of carbonyl (C=O) groups excluding carboxylic acids is 2. The Hall–Kier alpha value is -3.54. The van der Waals surface area contributed by atoms with E-state index in [2.05, 4.69) is 20.6 Å². The third-order valence-electron chi connectivity index (χ3n) is 3.53. The van der Waals surface area contributed by atoms with Crippen LogP contribution in [0.5, 0.6) is 0 Å². The van der Waals surface area contributed by atoms with Crippen molar-refractivity contribution < 1.29 is 9.59 Å². The molecule has 0 fully saturated rings. The summed E-state index contributed by atoms with van der Waals surface area (Å²) in [5, 5.41) is 5.64. The number of rotatable bonds is 5. The maximum atomic E-state index is 12.1. The lowest BCUT2D eigenvalue weighted by Crippen LogP contribution is -2.22. The summed E-state index contributed by atoms with van der Waals surface area (Å²) in [6.45, 7) is 0.395. The minimum absolute atomic E-state index is 0.178. The quantitative estimate of drug-likeness (QED) is 0.752. The first-order chi connectivity index (χ1) is 12.2. The average molecular weight is 332 g/mol. The topological polar surface area (TPSA) is 84.0 Å². The van der Waals surface area contributed by atoms with Gasteiger partial charge < -0.3 is 10.6 Å². The maximum absolute atomic E-state index is 12.1. The van der Waals surface area contributed by atoms with E-state index in [1.54, 1.807) is 55.0 Å². The SMILES string of the molecule is O=C(NCc1ccc(NC(=O)c2ccncc2)cc1)c1cccnc1. The van der Waals surface area contributed by atoms with Crippen molar-refractivity contribution in [1.82, 2.24) is 15.3 Å². The zero-order valence-corrected chi connectivity index (χ0v) is 13.3. The summed E-state index contributed by atoms with van der Waals surface area (Å²) >= 11 is 0. The standard InChI is InChI=1S/C19H16N4O2/c24-18(16-2-1-9-21-13-16)22-12-14-3-5-17(6-4-14)23-19(25)15-7-10-20-11-8-15/h1-11,13H,12H2,(H,22,24)(H,23,25). The number of aromatic nitrogens is 2. The largest absolute Gasteiger partial charge is 0.348 e. The van der Waals surface area contributed by atoms with Gasteiger partial charge in [-0.3, -0.25) is 19.6 Å². The molecule has 0 saturated heterocycles. The Labute approximate surface area is 145 Å². The summed E-state index contributed by atoms with van der Waals surface area (Å²) in [7, 11) is 0. The van der Waals surface area contributed by atoms with Crippen LogP contribution in [-0.4, -0.2) is 21.8 Å². The molecule has 3 aromatic rings. The first kappa shape index (κ1) is 16.3. The van der Waals surface area contributed by atoms with Crippen LogP contribution < -0.4 is 10.6 Å². The van der Waals surface area contributed by atoms with E-state index >= 15 is 0 Å². The van der Waals surface area contributed by atoms with Crippen molar-refractivity contribution in [3.05, 3.63) is 90.0 Å². The lowest BCUT2D eigenvalue weighted by Gasteiger charge is -2.08. The second-order valence-electron chi connectivity index (χ2n) is 5.31. The van der Waals surface area contributed by atoms with E-state index in [1.165, 1.54) is 6.20 Å². The summed E-state index contributed by atoms with van der Waals surface area (Å²) in [5.74, 6) is -0.372. The van der Waals surface area contributed by atoms with Crippen LogP contribution in [0.25, 0.3) is 0 Å². The number of nitrogens with zero attached hydrogens (tertiary/aromatic N) is 2. The predicted molar refractivity (Wildman–Crippen MR) is 94.0 cm³/mol. The fraction of sp³-hybridized carbons (Fsp3) is 0.0526. The van der Waals surface area contributed by atoms with Gasteiger partial charge in [0.2, 0.25) is 0 Å². The molecule has 0 aliphatic heterocycles. The van der Waals surface area contributed by atoms with E-state index < -0.39 is 0 Å². The van der Waals surface area contributed by atoms with Crippen molar-refractivity contribution in [1.29, 1.82) is 0 Å². The highest BCUT2D eigenvalue weighted by Gasteiger charge is 2.06. The molecule has 2 aromatic heterocycles. The van der Waals surface area contributed by atoms with Crippen LogP contribution in [0.15, 0.2) is 73.3 Å². The molecule has 0 radical (unpaired) electrons. The van der Waals surface area contributed by atoms with E-state index in [1.807, 2.05) is 12.1 Å². The van der Waals surface area contributed by atoms with Gasteiger partial charge in [-0.05, 0) is 42.0 Å². The van der Waals surface area contributed by atoms with Crippen LogP contribution >= 0.6 is 0 Å². The zero-order chi connectivity index (χ0) is 17.5. The molecule has 0 saturated carbocycles. The highest BCUT2D eigenvalue weighted by atomic mass is 16.2. The van der Waals surface area contributed by atoms with Gasteiger partial charge in [0.25, 0.3) is 11.8 Å². The van der Waals surface area contributed by atoms with E-state index in [0.29, 0.717) is 23.4 Å². The van der Waals surface area contributed by atoms with Crippen molar-refractivity contribution in [3.63, 3.8) is 0 Å². The maximum Gasteiger partial charge on any atom is 0.255 e. The summed E-state index contributed by atoms with van der Waals surface area (Å²) in [5.41, 5.74) is 2.68. The lowest BCUT2D eigenvalue weighted by atomic mass is 10.2. The molecule has 2 heterocycles. The van der Waals surface area contributed by atoms with E-state index in [9.17, 15) is 9.59 Å². The van der Waals surface area contributed by atoms with Gasteiger partial charge in [-0.15, -0.1) is 0 Å². The third kappa shape index (κ3) is 4.48. The predicted octanol–water partition coefficient (Wildman–Crippen LogP) is 2.66. The number of anilines is 1. The molecule has 0 bridgehead atoms.